The van der Waals surface area contributed by atoms with Crippen LogP contribution in [0.1, 0.15) is 18.2 Å². The molecular weight excluding hydrogens is 148 g/mol. The fourth-order valence-corrected chi connectivity index (χ4v) is 0.981. The molecule has 0 bridgehead atoms. The lowest BCUT2D eigenvalue weighted by Gasteiger charge is -1.92. The molecule has 0 aliphatic heterocycles. The Labute approximate surface area is 64.5 Å². The minimum Gasteiger partial charge on any atom is -0.496 e. The summed E-state index contributed by atoms with van der Waals surface area (Å²) in [5.41, 5.74) is 0.951. The summed E-state index contributed by atoms with van der Waals surface area (Å²) in [5.74, 6) is 0.428. The molecule has 0 aliphatic rings. The van der Waals surface area contributed by atoms with Gasteiger partial charge in [0, 0.05) is 5.56 Å². The van der Waals surface area contributed by atoms with E-state index >= 15 is 0 Å². The van der Waals surface area contributed by atoms with Crippen molar-refractivity contribution in [2.45, 2.75) is 13.3 Å². The van der Waals surface area contributed by atoms with E-state index in [0.717, 1.165) is 12.0 Å². The molecule has 0 saturated carbocycles. The van der Waals surface area contributed by atoms with E-state index in [-0.39, 0.29) is 5.05 Å². The Hall–Kier alpha value is -0.830. The van der Waals surface area contributed by atoms with Crippen LogP contribution in [0.25, 0.3) is 0 Å². The van der Waals surface area contributed by atoms with Gasteiger partial charge in [-0.25, -0.2) is 0 Å². The van der Waals surface area contributed by atoms with Gasteiger partial charge in [-0.3, -0.25) is 0 Å². The minimum absolute atomic E-state index is 0.165. The number of hydrogen-bond acceptors (Lipinski definition) is 2. The van der Waals surface area contributed by atoms with Crippen molar-refractivity contribution in [1.29, 1.82) is 0 Å². The second kappa shape index (κ2) is 2.84. The molecule has 1 N–H and O–H groups in total. The molecule has 0 amide bonds. The van der Waals surface area contributed by atoms with Gasteiger partial charge in [-0.15, -0.1) is 0 Å². The second-order valence-corrected chi connectivity index (χ2v) is 2.32. The van der Waals surface area contributed by atoms with Crippen molar-refractivity contribution in [3.05, 3.63) is 23.7 Å². The lowest BCUT2D eigenvalue weighted by Crippen LogP contribution is -1.95. The molecule has 2 nitrogen and oxygen atoms in total. The predicted octanol–water partition coefficient (Wildman–Crippen LogP) is 2.08. The summed E-state index contributed by atoms with van der Waals surface area (Å²) < 4.78 is 4.93. The Morgan fingerprint density at radius 1 is 1.80 bits per heavy atom. The second-order valence-electron chi connectivity index (χ2n) is 1.93. The van der Waals surface area contributed by atoms with Crippen LogP contribution < -0.4 is 0 Å². The van der Waals surface area contributed by atoms with Crippen molar-refractivity contribution in [3.63, 3.8) is 0 Å². The summed E-state index contributed by atoms with van der Waals surface area (Å²) in [6.45, 7) is 1.98. The molecular formula is C7H8O2S. The minimum atomic E-state index is -0.165. The zero-order valence-electron chi connectivity index (χ0n) is 5.63. The highest BCUT2D eigenvalue weighted by Crippen LogP contribution is 2.10. The first-order chi connectivity index (χ1) is 4.75. The summed E-state index contributed by atoms with van der Waals surface area (Å²) in [6.07, 6.45) is 2.35. The number of rotatable bonds is 2. The molecule has 0 radical (unpaired) electrons. The van der Waals surface area contributed by atoms with Crippen molar-refractivity contribution >= 4 is 17.3 Å². The maximum Gasteiger partial charge on any atom is 0.225 e. The van der Waals surface area contributed by atoms with E-state index in [0.29, 0.717) is 5.76 Å². The summed E-state index contributed by atoms with van der Waals surface area (Å²) >= 11 is 4.53. The van der Waals surface area contributed by atoms with Gasteiger partial charge in [-0.05, 0) is 24.7 Å². The number of thiocarbonyl (C=S) groups is 1. The molecule has 0 aromatic carbocycles. The van der Waals surface area contributed by atoms with Crippen LogP contribution in [-0.2, 0) is 6.42 Å². The maximum absolute atomic E-state index is 8.86. The fraction of sp³-hybridized carbons (Fsp3) is 0.286. The van der Waals surface area contributed by atoms with Gasteiger partial charge in [0.25, 0.3) is 0 Å². The molecule has 0 fully saturated rings. The van der Waals surface area contributed by atoms with Crippen LogP contribution in [0.2, 0.25) is 0 Å². The smallest absolute Gasteiger partial charge is 0.225 e. The molecule has 1 rings (SSSR count). The zero-order valence-corrected chi connectivity index (χ0v) is 6.44. The fourth-order valence-electron chi connectivity index (χ4n) is 0.802. The molecule has 1 heterocycles. The van der Waals surface area contributed by atoms with Gasteiger partial charge in [0.05, 0.1) is 6.26 Å². The topological polar surface area (TPSA) is 33.4 Å². The quantitative estimate of drug-likeness (QED) is 0.665. The van der Waals surface area contributed by atoms with Crippen molar-refractivity contribution < 1.29 is 9.52 Å². The van der Waals surface area contributed by atoms with Crippen LogP contribution in [0.3, 0.4) is 0 Å². The third-order valence-electron chi connectivity index (χ3n) is 1.32. The number of aryl methyl sites for hydroxylation is 1. The van der Waals surface area contributed by atoms with Crippen molar-refractivity contribution in [3.8, 4) is 0 Å². The van der Waals surface area contributed by atoms with E-state index < -0.39 is 0 Å². The largest absolute Gasteiger partial charge is 0.496 e. The van der Waals surface area contributed by atoms with E-state index in [9.17, 15) is 0 Å². The first-order valence-electron chi connectivity index (χ1n) is 3.05. The van der Waals surface area contributed by atoms with Gasteiger partial charge < -0.3 is 9.52 Å². The van der Waals surface area contributed by atoms with Gasteiger partial charge in [-0.1, -0.05) is 6.92 Å². The Kier molecular flexibility index (Phi) is 2.06. The first kappa shape index (κ1) is 7.28. The van der Waals surface area contributed by atoms with Crippen molar-refractivity contribution in [2.24, 2.45) is 0 Å². The van der Waals surface area contributed by atoms with E-state index in [1.54, 1.807) is 6.07 Å². The van der Waals surface area contributed by atoms with Gasteiger partial charge in [0.1, 0.15) is 0 Å². The summed E-state index contributed by atoms with van der Waals surface area (Å²) in [6, 6.07) is 1.80. The standard InChI is InChI=1S/C7H8O2S/c1-2-5-3-4-9-6(5)7(8)10/h3-4H,2H2,1H3,(H,8,10). The predicted molar refractivity (Wildman–Crippen MR) is 42.4 cm³/mol. The highest BCUT2D eigenvalue weighted by Gasteiger charge is 2.07. The van der Waals surface area contributed by atoms with Crippen LogP contribution in [-0.4, -0.2) is 10.2 Å². The van der Waals surface area contributed by atoms with Gasteiger partial charge in [0.15, 0.2) is 5.76 Å². The zero-order chi connectivity index (χ0) is 7.56. The van der Waals surface area contributed by atoms with E-state index in [1.807, 2.05) is 6.92 Å². The molecule has 0 unspecified atom stereocenters. The van der Waals surface area contributed by atoms with Crippen LogP contribution in [0.15, 0.2) is 16.7 Å². The normalized spacial score (nSPS) is 9.70. The molecule has 0 aliphatic carbocycles. The first-order valence-corrected chi connectivity index (χ1v) is 3.46. The number of furan rings is 1. The highest BCUT2D eigenvalue weighted by molar-refractivity contribution is 7.80. The lowest BCUT2D eigenvalue weighted by atomic mass is 10.2. The molecule has 0 atom stereocenters. The summed E-state index contributed by atoms with van der Waals surface area (Å²) in [4.78, 5) is 0. The Morgan fingerprint density at radius 3 is 2.90 bits per heavy atom. The van der Waals surface area contributed by atoms with E-state index in [1.165, 1.54) is 6.26 Å². The summed E-state index contributed by atoms with van der Waals surface area (Å²) in [5, 5.41) is 8.70. The van der Waals surface area contributed by atoms with Crippen LogP contribution in [0.5, 0.6) is 0 Å². The lowest BCUT2D eigenvalue weighted by molar-refractivity contribution is 0.502. The molecule has 0 saturated heterocycles. The molecule has 1 aromatic heterocycles. The molecule has 54 valence electrons. The SMILES string of the molecule is CCc1ccoc1C(O)=S. The van der Waals surface area contributed by atoms with Crippen LogP contribution >= 0.6 is 12.2 Å². The van der Waals surface area contributed by atoms with E-state index in [2.05, 4.69) is 12.2 Å². The number of aliphatic hydroxyl groups is 1. The molecule has 10 heavy (non-hydrogen) atoms. The van der Waals surface area contributed by atoms with Crippen LogP contribution in [0, 0.1) is 0 Å². The van der Waals surface area contributed by atoms with Crippen LogP contribution in [0.4, 0.5) is 0 Å². The van der Waals surface area contributed by atoms with Gasteiger partial charge in [0.2, 0.25) is 5.05 Å². The highest BCUT2D eigenvalue weighted by atomic mass is 32.1. The monoisotopic (exact) mass is 156 g/mol. The Bertz CT molecular complexity index is 240. The third kappa shape index (κ3) is 1.19. The van der Waals surface area contributed by atoms with Crippen molar-refractivity contribution in [1.82, 2.24) is 0 Å². The van der Waals surface area contributed by atoms with Gasteiger partial charge >= 0.3 is 0 Å². The van der Waals surface area contributed by atoms with Gasteiger partial charge in [-0.2, -0.15) is 0 Å². The Balaban J connectivity index is 3.01. The average molecular weight is 156 g/mol. The maximum atomic E-state index is 8.86. The molecule has 0 spiro atoms. The number of hydrogen-bond donors (Lipinski definition) is 1. The molecule has 1 aromatic rings. The summed E-state index contributed by atoms with van der Waals surface area (Å²) in [7, 11) is 0. The molecule has 3 heteroatoms. The van der Waals surface area contributed by atoms with E-state index in [4.69, 9.17) is 9.52 Å². The Morgan fingerprint density at radius 2 is 2.50 bits per heavy atom. The van der Waals surface area contributed by atoms with Crippen molar-refractivity contribution in [2.75, 3.05) is 0 Å². The average Bonchev–Trinajstić information content (AvgIpc) is 2.33. The number of aliphatic hydroxyl groups excluding tert-OH is 1. The third-order valence-corrected chi connectivity index (χ3v) is 1.51.